The zero-order valence-corrected chi connectivity index (χ0v) is 16.7. The standard InChI is InChI=1S/C19H21Cl2N3O3/c1-11-4-7-17(27-3)16(8-11)24-18(25)10-22-19(26)23-12(2)14-6-5-13(20)9-15(14)21/h4-9,12H,10H2,1-3H3,(H,24,25)(H2,22,23,26)/t12-/m1/s1. The summed E-state index contributed by atoms with van der Waals surface area (Å²) in [5.74, 6) is 0.177. The molecule has 3 amide bonds. The second kappa shape index (κ2) is 9.48. The molecule has 0 spiro atoms. The van der Waals surface area contributed by atoms with Crippen LogP contribution in [0.1, 0.15) is 24.1 Å². The predicted molar refractivity (Wildman–Crippen MR) is 108 cm³/mol. The first kappa shape index (κ1) is 20.9. The van der Waals surface area contributed by atoms with Crippen molar-refractivity contribution in [3.05, 3.63) is 57.6 Å². The summed E-state index contributed by atoms with van der Waals surface area (Å²) in [5.41, 5.74) is 2.25. The van der Waals surface area contributed by atoms with E-state index in [4.69, 9.17) is 27.9 Å². The van der Waals surface area contributed by atoms with Gasteiger partial charge in [0.1, 0.15) is 5.75 Å². The van der Waals surface area contributed by atoms with Gasteiger partial charge in [-0.15, -0.1) is 0 Å². The van der Waals surface area contributed by atoms with Crippen molar-refractivity contribution in [3.8, 4) is 5.75 Å². The van der Waals surface area contributed by atoms with Gasteiger partial charge in [-0.1, -0.05) is 35.3 Å². The van der Waals surface area contributed by atoms with E-state index in [2.05, 4.69) is 16.0 Å². The number of anilines is 1. The van der Waals surface area contributed by atoms with Crippen LogP contribution in [0.25, 0.3) is 0 Å². The summed E-state index contributed by atoms with van der Waals surface area (Å²) >= 11 is 12.0. The molecule has 144 valence electrons. The molecule has 0 fully saturated rings. The van der Waals surface area contributed by atoms with Gasteiger partial charge < -0.3 is 20.7 Å². The van der Waals surface area contributed by atoms with E-state index in [9.17, 15) is 9.59 Å². The van der Waals surface area contributed by atoms with Crippen molar-refractivity contribution >= 4 is 40.8 Å². The second-order valence-corrected chi connectivity index (χ2v) is 6.81. The molecule has 0 aliphatic heterocycles. The highest BCUT2D eigenvalue weighted by molar-refractivity contribution is 6.35. The lowest BCUT2D eigenvalue weighted by Crippen LogP contribution is -2.41. The van der Waals surface area contributed by atoms with Crippen molar-refractivity contribution in [1.29, 1.82) is 0 Å². The average Bonchev–Trinajstić information content (AvgIpc) is 2.60. The number of benzene rings is 2. The highest BCUT2D eigenvalue weighted by Gasteiger charge is 2.14. The number of aryl methyl sites for hydroxylation is 1. The molecule has 0 radical (unpaired) electrons. The van der Waals surface area contributed by atoms with Crippen molar-refractivity contribution in [3.63, 3.8) is 0 Å². The quantitative estimate of drug-likeness (QED) is 0.664. The van der Waals surface area contributed by atoms with Gasteiger partial charge in [0.25, 0.3) is 0 Å². The molecule has 1 atom stereocenters. The first-order chi connectivity index (χ1) is 12.8. The number of carbonyl (C=O) groups is 2. The molecular formula is C19H21Cl2N3O3. The van der Waals surface area contributed by atoms with E-state index in [0.717, 1.165) is 11.1 Å². The molecule has 2 rings (SSSR count). The summed E-state index contributed by atoms with van der Waals surface area (Å²) in [6.45, 7) is 3.50. The van der Waals surface area contributed by atoms with Gasteiger partial charge in [-0.2, -0.15) is 0 Å². The average molecular weight is 410 g/mol. The SMILES string of the molecule is COc1ccc(C)cc1NC(=O)CNC(=O)N[C@H](C)c1ccc(Cl)cc1Cl. The minimum Gasteiger partial charge on any atom is -0.495 e. The molecule has 0 bridgehead atoms. The van der Waals surface area contributed by atoms with Gasteiger partial charge in [-0.05, 0) is 49.2 Å². The molecule has 0 unspecified atom stereocenters. The summed E-state index contributed by atoms with van der Waals surface area (Å²) in [5, 5.41) is 8.93. The number of nitrogens with one attached hydrogen (secondary N) is 3. The lowest BCUT2D eigenvalue weighted by Gasteiger charge is -2.16. The van der Waals surface area contributed by atoms with Crippen LogP contribution in [0.4, 0.5) is 10.5 Å². The van der Waals surface area contributed by atoms with Crippen molar-refractivity contribution < 1.29 is 14.3 Å². The third-order valence-electron chi connectivity index (χ3n) is 3.82. The van der Waals surface area contributed by atoms with E-state index in [1.54, 1.807) is 37.3 Å². The second-order valence-electron chi connectivity index (χ2n) is 5.97. The number of carbonyl (C=O) groups excluding carboxylic acids is 2. The summed E-state index contributed by atoms with van der Waals surface area (Å²) in [4.78, 5) is 24.1. The summed E-state index contributed by atoms with van der Waals surface area (Å²) < 4.78 is 5.21. The highest BCUT2D eigenvalue weighted by Crippen LogP contribution is 2.26. The number of rotatable bonds is 6. The fraction of sp³-hybridized carbons (Fsp3) is 0.263. The topological polar surface area (TPSA) is 79.5 Å². The summed E-state index contributed by atoms with van der Waals surface area (Å²) in [6, 6.07) is 9.65. The molecule has 6 nitrogen and oxygen atoms in total. The van der Waals surface area contributed by atoms with E-state index in [0.29, 0.717) is 21.5 Å². The van der Waals surface area contributed by atoms with E-state index in [1.807, 2.05) is 13.0 Å². The van der Waals surface area contributed by atoms with Crippen LogP contribution < -0.4 is 20.7 Å². The fourth-order valence-corrected chi connectivity index (χ4v) is 3.02. The van der Waals surface area contributed by atoms with Crippen molar-refractivity contribution in [2.75, 3.05) is 19.0 Å². The van der Waals surface area contributed by atoms with Crippen molar-refractivity contribution in [1.82, 2.24) is 10.6 Å². The van der Waals surface area contributed by atoms with Crippen molar-refractivity contribution in [2.45, 2.75) is 19.9 Å². The van der Waals surface area contributed by atoms with Crippen LogP contribution in [0.5, 0.6) is 5.75 Å². The van der Waals surface area contributed by atoms with Gasteiger partial charge >= 0.3 is 6.03 Å². The van der Waals surface area contributed by atoms with Crippen LogP contribution in [0, 0.1) is 6.92 Å². The maximum absolute atomic E-state index is 12.1. The number of hydrogen-bond acceptors (Lipinski definition) is 3. The first-order valence-corrected chi connectivity index (χ1v) is 8.99. The Morgan fingerprint density at radius 2 is 1.89 bits per heavy atom. The number of urea groups is 1. The molecule has 0 heterocycles. The summed E-state index contributed by atoms with van der Waals surface area (Å²) in [6.07, 6.45) is 0. The largest absolute Gasteiger partial charge is 0.495 e. The lowest BCUT2D eigenvalue weighted by atomic mass is 10.1. The monoisotopic (exact) mass is 409 g/mol. The van der Waals surface area contributed by atoms with Gasteiger partial charge in [0.15, 0.2) is 0 Å². The van der Waals surface area contributed by atoms with Crippen LogP contribution in [-0.2, 0) is 4.79 Å². The minimum absolute atomic E-state index is 0.190. The van der Waals surface area contributed by atoms with Crippen molar-refractivity contribution in [2.24, 2.45) is 0 Å². The van der Waals surface area contributed by atoms with Gasteiger partial charge in [0.2, 0.25) is 5.91 Å². The third-order valence-corrected chi connectivity index (χ3v) is 4.38. The zero-order valence-electron chi connectivity index (χ0n) is 15.2. The Morgan fingerprint density at radius 3 is 2.56 bits per heavy atom. The Labute approximate surface area is 168 Å². The van der Waals surface area contributed by atoms with Crippen LogP contribution in [0.15, 0.2) is 36.4 Å². The maximum Gasteiger partial charge on any atom is 0.315 e. The molecule has 8 heteroatoms. The molecular weight excluding hydrogens is 389 g/mol. The molecule has 2 aromatic carbocycles. The van der Waals surface area contributed by atoms with E-state index in [1.165, 1.54) is 7.11 Å². The van der Waals surface area contributed by atoms with E-state index < -0.39 is 6.03 Å². The van der Waals surface area contributed by atoms with E-state index >= 15 is 0 Å². The normalized spacial score (nSPS) is 11.4. The van der Waals surface area contributed by atoms with Gasteiger partial charge in [-0.25, -0.2) is 4.79 Å². The van der Waals surface area contributed by atoms with Gasteiger partial charge in [-0.3, -0.25) is 4.79 Å². The fourth-order valence-electron chi connectivity index (χ4n) is 2.45. The van der Waals surface area contributed by atoms with E-state index in [-0.39, 0.29) is 18.5 Å². The number of ether oxygens (including phenoxy) is 1. The Bertz CT molecular complexity index is 843. The van der Waals surface area contributed by atoms with Crippen LogP contribution >= 0.6 is 23.2 Å². The van der Waals surface area contributed by atoms with Crippen LogP contribution in [-0.4, -0.2) is 25.6 Å². The molecule has 2 aromatic rings. The lowest BCUT2D eigenvalue weighted by molar-refractivity contribution is -0.115. The smallest absolute Gasteiger partial charge is 0.315 e. The Balaban J connectivity index is 1.88. The first-order valence-electron chi connectivity index (χ1n) is 8.24. The van der Waals surface area contributed by atoms with Crippen LogP contribution in [0.3, 0.4) is 0 Å². The summed E-state index contributed by atoms with van der Waals surface area (Å²) in [7, 11) is 1.52. The maximum atomic E-state index is 12.1. The zero-order chi connectivity index (χ0) is 20.0. The van der Waals surface area contributed by atoms with Gasteiger partial charge in [0, 0.05) is 10.0 Å². The molecule has 0 aliphatic carbocycles. The molecule has 3 N–H and O–H groups in total. The number of hydrogen-bond donors (Lipinski definition) is 3. The molecule has 27 heavy (non-hydrogen) atoms. The molecule has 0 saturated heterocycles. The Hall–Kier alpha value is -2.44. The third kappa shape index (κ3) is 6.05. The van der Waals surface area contributed by atoms with Crippen LogP contribution in [0.2, 0.25) is 10.0 Å². The predicted octanol–water partition coefficient (Wildman–Crippen LogP) is 4.31. The Morgan fingerprint density at radius 1 is 1.15 bits per heavy atom. The molecule has 0 saturated carbocycles. The number of methoxy groups -OCH3 is 1. The van der Waals surface area contributed by atoms with Gasteiger partial charge in [0.05, 0.1) is 25.4 Å². The number of halogens is 2. The molecule has 0 aliphatic rings. The highest BCUT2D eigenvalue weighted by atomic mass is 35.5. The Kier molecular flexibility index (Phi) is 7.33. The molecule has 0 aromatic heterocycles. The minimum atomic E-state index is -0.486. The number of amides is 3.